The molecule has 0 bridgehead atoms. The lowest BCUT2D eigenvalue weighted by Crippen LogP contribution is -2.30. The summed E-state index contributed by atoms with van der Waals surface area (Å²) in [6, 6.07) is 2.43. The highest BCUT2D eigenvalue weighted by Gasteiger charge is 2.14. The standard InChI is InChI=1S/C13H19N3O/c1-10-7-11(9-14-8-10)13(17)16-6-4-12-3-2-5-15-12/h7-9,12,15H,2-6H2,1H3,(H,16,17)/t12-/m0/s1. The maximum Gasteiger partial charge on any atom is 0.252 e. The lowest BCUT2D eigenvalue weighted by atomic mass is 10.1. The molecule has 0 aliphatic carbocycles. The van der Waals surface area contributed by atoms with E-state index in [1.165, 1.54) is 12.8 Å². The van der Waals surface area contributed by atoms with Crippen molar-refractivity contribution in [3.05, 3.63) is 29.6 Å². The Morgan fingerprint density at radius 3 is 3.18 bits per heavy atom. The van der Waals surface area contributed by atoms with Gasteiger partial charge in [-0.2, -0.15) is 0 Å². The van der Waals surface area contributed by atoms with Crippen LogP contribution in [0.15, 0.2) is 18.5 Å². The van der Waals surface area contributed by atoms with E-state index in [0.717, 1.165) is 25.1 Å². The van der Waals surface area contributed by atoms with Gasteiger partial charge in [-0.05, 0) is 44.4 Å². The van der Waals surface area contributed by atoms with Gasteiger partial charge in [0.1, 0.15) is 0 Å². The van der Waals surface area contributed by atoms with Crippen LogP contribution in [0.2, 0.25) is 0 Å². The number of pyridine rings is 1. The Kier molecular flexibility index (Phi) is 4.09. The maximum atomic E-state index is 11.8. The summed E-state index contributed by atoms with van der Waals surface area (Å²) in [7, 11) is 0. The van der Waals surface area contributed by atoms with E-state index in [-0.39, 0.29) is 5.91 Å². The van der Waals surface area contributed by atoms with Crippen LogP contribution in [-0.4, -0.2) is 30.0 Å². The van der Waals surface area contributed by atoms with E-state index in [2.05, 4.69) is 15.6 Å². The molecule has 17 heavy (non-hydrogen) atoms. The second kappa shape index (κ2) is 5.77. The largest absolute Gasteiger partial charge is 0.352 e. The number of amides is 1. The third kappa shape index (κ3) is 3.53. The van der Waals surface area contributed by atoms with Crippen molar-refractivity contribution in [1.29, 1.82) is 0 Å². The molecule has 0 aromatic carbocycles. The van der Waals surface area contributed by atoms with Crippen LogP contribution in [0.25, 0.3) is 0 Å². The Bertz CT molecular complexity index is 386. The number of hydrogen-bond acceptors (Lipinski definition) is 3. The van der Waals surface area contributed by atoms with E-state index in [9.17, 15) is 4.79 Å². The summed E-state index contributed by atoms with van der Waals surface area (Å²) in [6.45, 7) is 3.77. The molecule has 0 unspecified atom stereocenters. The summed E-state index contributed by atoms with van der Waals surface area (Å²) in [6.07, 6.45) is 6.84. The van der Waals surface area contributed by atoms with Gasteiger partial charge in [-0.3, -0.25) is 9.78 Å². The molecule has 4 nitrogen and oxygen atoms in total. The Hall–Kier alpha value is -1.42. The van der Waals surface area contributed by atoms with Gasteiger partial charge in [-0.15, -0.1) is 0 Å². The summed E-state index contributed by atoms with van der Waals surface area (Å²) in [5, 5.41) is 6.35. The molecule has 0 spiro atoms. The summed E-state index contributed by atoms with van der Waals surface area (Å²) < 4.78 is 0. The zero-order valence-corrected chi connectivity index (χ0v) is 10.2. The van der Waals surface area contributed by atoms with Crippen molar-refractivity contribution in [2.45, 2.75) is 32.2 Å². The van der Waals surface area contributed by atoms with Crippen molar-refractivity contribution in [2.75, 3.05) is 13.1 Å². The van der Waals surface area contributed by atoms with E-state index in [4.69, 9.17) is 0 Å². The van der Waals surface area contributed by atoms with E-state index in [1.807, 2.05) is 13.0 Å². The van der Waals surface area contributed by atoms with Gasteiger partial charge in [0.05, 0.1) is 5.56 Å². The molecule has 1 atom stereocenters. The first-order chi connectivity index (χ1) is 8.25. The molecule has 1 aromatic rings. The lowest BCUT2D eigenvalue weighted by molar-refractivity contribution is 0.0952. The highest BCUT2D eigenvalue weighted by molar-refractivity contribution is 5.93. The second-order valence-electron chi connectivity index (χ2n) is 4.59. The zero-order valence-electron chi connectivity index (χ0n) is 10.2. The third-order valence-electron chi connectivity index (χ3n) is 3.08. The van der Waals surface area contributed by atoms with Gasteiger partial charge in [0, 0.05) is 25.0 Å². The minimum Gasteiger partial charge on any atom is -0.352 e. The van der Waals surface area contributed by atoms with Crippen molar-refractivity contribution >= 4 is 5.91 Å². The zero-order chi connectivity index (χ0) is 12.1. The van der Waals surface area contributed by atoms with Crippen LogP contribution in [0.3, 0.4) is 0 Å². The Morgan fingerprint density at radius 1 is 1.59 bits per heavy atom. The highest BCUT2D eigenvalue weighted by Crippen LogP contribution is 2.07. The number of rotatable bonds is 4. The Labute approximate surface area is 102 Å². The van der Waals surface area contributed by atoms with Crippen molar-refractivity contribution in [3.63, 3.8) is 0 Å². The molecule has 2 heterocycles. The SMILES string of the molecule is Cc1cncc(C(=O)NCC[C@@H]2CCCN2)c1. The van der Waals surface area contributed by atoms with Gasteiger partial charge in [-0.25, -0.2) is 0 Å². The number of aromatic nitrogens is 1. The first-order valence-corrected chi connectivity index (χ1v) is 6.19. The molecular weight excluding hydrogens is 214 g/mol. The molecular formula is C13H19N3O. The predicted octanol–water partition coefficient (Wildman–Crippen LogP) is 1.26. The van der Waals surface area contributed by atoms with Crippen LogP contribution in [0.4, 0.5) is 0 Å². The average molecular weight is 233 g/mol. The van der Waals surface area contributed by atoms with Gasteiger partial charge in [0.15, 0.2) is 0 Å². The fourth-order valence-corrected chi connectivity index (χ4v) is 2.14. The third-order valence-corrected chi connectivity index (χ3v) is 3.08. The Morgan fingerprint density at radius 2 is 2.47 bits per heavy atom. The number of aryl methyl sites for hydroxylation is 1. The van der Waals surface area contributed by atoms with E-state index in [0.29, 0.717) is 11.6 Å². The van der Waals surface area contributed by atoms with E-state index >= 15 is 0 Å². The number of carbonyl (C=O) groups excluding carboxylic acids is 1. The first-order valence-electron chi connectivity index (χ1n) is 6.19. The first kappa shape index (κ1) is 12.0. The van der Waals surface area contributed by atoms with Gasteiger partial charge in [0.2, 0.25) is 0 Å². The smallest absolute Gasteiger partial charge is 0.252 e. The monoisotopic (exact) mass is 233 g/mol. The average Bonchev–Trinajstić information content (AvgIpc) is 2.82. The van der Waals surface area contributed by atoms with Gasteiger partial charge in [0.25, 0.3) is 5.91 Å². The second-order valence-corrected chi connectivity index (χ2v) is 4.59. The molecule has 1 aliphatic heterocycles. The predicted molar refractivity (Wildman–Crippen MR) is 66.9 cm³/mol. The molecule has 2 rings (SSSR count). The Balaban J connectivity index is 1.77. The maximum absolute atomic E-state index is 11.8. The van der Waals surface area contributed by atoms with Crippen LogP contribution >= 0.6 is 0 Å². The molecule has 4 heteroatoms. The van der Waals surface area contributed by atoms with Gasteiger partial charge < -0.3 is 10.6 Å². The minimum absolute atomic E-state index is 0.0285. The minimum atomic E-state index is -0.0285. The molecule has 0 saturated carbocycles. The van der Waals surface area contributed by atoms with E-state index < -0.39 is 0 Å². The highest BCUT2D eigenvalue weighted by atomic mass is 16.1. The fourth-order valence-electron chi connectivity index (χ4n) is 2.14. The number of nitrogens with zero attached hydrogens (tertiary/aromatic N) is 1. The van der Waals surface area contributed by atoms with Crippen molar-refractivity contribution < 1.29 is 4.79 Å². The summed E-state index contributed by atoms with van der Waals surface area (Å²) >= 11 is 0. The fraction of sp³-hybridized carbons (Fsp3) is 0.538. The number of nitrogens with one attached hydrogen (secondary N) is 2. The van der Waals surface area contributed by atoms with Crippen LogP contribution < -0.4 is 10.6 Å². The molecule has 1 saturated heterocycles. The van der Waals surface area contributed by atoms with Crippen LogP contribution in [0.5, 0.6) is 0 Å². The molecule has 2 N–H and O–H groups in total. The number of carbonyl (C=O) groups is 1. The summed E-state index contributed by atoms with van der Waals surface area (Å²) in [4.78, 5) is 15.8. The molecule has 1 aliphatic rings. The van der Waals surface area contributed by atoms with Gasteiger partial charge >= 0.3 is 0 Å². The lowest BCUT2D eigenvalue weighted by Gasteiger charge is -2.10. The van der Waals surface area contributed by atoms with Crippen molar-refractivity contribution in [1.82, 2.24) is 15.6 Å². The molecule has 1 fully saturated rings. The van der Waals surface area contributed by atoms with Gasteiger partial charge in [-0.1, -0.05) is 0 Å². The van der Waals surface area contributed by atoms with E-state index in [1.54, 1.807) is 12.4 Å². The molecule has 1 aromatic heterocycles. The van der Waals surface area contributed by atoms with Crippen molar-refractivity contribution in [2.24, 2.45) is 0 Å². The normalized spacial score (nSPS) is 19.2. The molecule has 1 amide bonds. The van der Waals surface area contributed by atoms with Crippen LogP contribution in [-0.2, 0) is 0 Å². The number of hydrogen-bond donors (Lipinski definition) is 2. The summed E-state index contributed by atoms with van der Waals surface area (Å²) in [5.41, 5.74) is 1.65. The quantitative estimate of drug-likeness (QED) is 0.823. The summed E-state index contributed by atoms with van der Waals surface area (Å²) in [5.74, 6) is -0.0285. The van der Waals surface area contributed by atoms with Crippen molar-refractivity contribution in [3.8, 4) is 0 Å². The molecule has 0 radical (unpaired) electrons. The molecule has 92 valence electrons. The van der Waals surface area contributed by atoms with Crippen LogP contribution in [0.1, 0.15) is 35.2 Å². The van der Waals surface area contributed by atoms with Crippen LogP contribution in [0, 0.1) is 6.92 Å². The topological polar surface area (TPSA) is 54.0 Å².